The molecule has 2 aromatic rings. The molecule has 0 bridgehead atoms. The van der Waals surface area contributed by atoms with E-state index in [0.717, 1.165) is 31.7 Å². The van der Waals surface area contributed by atoms with Gasteiger partial charge < -0.3 is 14.8 Å². The van der Waals surface area contributed by atoms with Gasteiger partial charge in [-0.2, -0.15) is 0 Å². The Morgan fingerprint density at radius 3 is 2.58 bits per heavy atom. The molecule has 0 unspecified atom stereocenters. The number of hydrogen-bond donors (Lipinski definition) is 1. The number of carbonyl (C=O) groups is 1. The zero-order valence-corrected chi connectivity index (χ0v) is 13.5. The molecule has 2 aromatic carbocycles. The Morgan fingerprint density at radius 1 is 1.08 bits per heavy atom. The maximum absolute atomic E-state index is 13.1. The van der Waals surface area contributed by atoms with Crippen molar-refractivity contribution in [3.8, 4) is 11.5 Å². The maximum atomic E-state index is 13.1. The number of rotatable bonds is 2. The van der Waals surface area contributed by atoms with Crippen LogP contribution < -0.4 is 14.8 Å². The van der Waals surface area contributed by atoms with E-state index in [1.165, 1.54) is 12.1 Å². The van der Waals surface area contributed by atoms with Gasteiger partial charge in [-0.05, 0) is 43.2 Å². The van der Waals surface area contributed by atoms with Crippen molar-refractivity contribution in [2.24, 2.45) is 0 Å². The molecule has 124 valence electrons. The summed E-state index contributed by atoms with van der Waals surface area (Å²) >= 11 is 5.92. The monoisotopic (exact) mass is 347 g/mol. The molecule has 2 aliphatic rings. The molecule has 1 saturated carbocycles. The van der Waals surface area contributed by atoms with Crippen LogP contribution in [0.5, 0.6) is 11.5 Å². The van der Waals surface area contributed by atoms with Gasteiger partial charge in [-0.15, -0.1) is 0 Å². The minimum Gasteiger partial charge on any atom is -0.448 e. The number of ether oxygens (including phenoxy) is 2. The van der Waals surface area contributed by atoms with Gasteiger partial charge in [0.25, 0.3) is 11.7 Å². The summed E-state index contributed by atoms with van der Waals surface area (Å²) < 4.78 is 25.0. The molecule has 1 fully saturated rings. The van der Waals surface area contributed by atoms with Crippen LogP contribution in [0.3, 0.4) is 0 Å². The number of nitrogens with one attached hydrogen (secondary N) is 1. The van der Waals surface area contributed by atoms with Crippen LogP contribution in [-0.2, 0) is 0 Å². The fraction of sp³-hybridized carbons (Fsp3) is 0.278. The second kappa shape index (κ2) is 5.67. The largest absolute Gasteiger partial charge is 0.448 e. The smallest absolute Gasteiger partial charge is 0.257 e. The van der Waals surface area contributed by atoms with Gasteiger partial charge in [-0.3, -0.25) is 4.79 Å². The lowest BCUT2D eigenvalue weighted by atomic mass is 10.2. The van der Waals surface area contributed by atoms with E-state index in [4.69, 9.17) is 21.1 Å². The summed E-state index contributed by atoms with van der Waals surface area (Å²) in [4.78, 5) is 12.3. The van der Waals surface area contributed by atoms with Gasteiger partial charge in [-0.1, -0.05) is 11.6 Å². The van der Waals surface area contributed by atoms with Crippen molar-refractivity contribution in [1.29, 1.82) is 0 Å². The van der Waals surface area contributed by atoms with Gasteiger partial charge in [0.2, 0.25) is 0 Å². The number of halogens is 2. The molecule has 6 heteroatoms. The van der Waals surface area contributed by atoms with E-state index in [9.17, 15) is 9.18 Å². The first-order valence-electron chi connectivity index (χ1n) is 7.83. The number of amides is 1. The van der Waals surface area contributed by atoms with E-state index in [-0.39, 0.29) is 10.6 Å². The van der Waals surface area contributed by atoms with Gasteiger partial charge in [0, 0.05) is 24.6 Å². The van der Waals surface area contributed by atoms with Crippen LogP contribution in [0, 0.1) is 5.82 Å². The van der Waals surface area contributed by atoms with E-state index in [1.807, 2.05) is 0 Å². The fourth-order valence-corrected chi connectivity index (χ4v) is 3.41. The Labute approximate surface area is 143 Å². The van der Waals surface area contributed by atoms with Crippen LogP contribution in [0.25, 0.3) is 0 Å². The minimum atomic E-state index is -0.536. The van der Waals surface area contributed by atoms with Crippen molar-refractivity contribution in [2.75, 3.05) is 5.32 Å². The van der Waals surface area contributed by atoms with Crippen LogP contribution >= 0.6 is 11.6 Å². The van der Waals surface area contributed by atoms with Crippen molar-refractivity contribution in [3.05, 3.63) is 52.8 Å². The average Bonchev–Trinajstić information content (AvgIpc) is 3.13. The summed E-state index contributed by atoms with van der Waals surface area (Å²) in [6.07, 6.45) is 3.91. The lowest BCUT2D eigenvalue weighted by Crippen LogP contribution is -2.34. The van der Waals surface area contributed by atoms with Gasteiger partial charge in [-0.25, -0.2) is 4.39 Å². The van der Waals surface area contributed by atoms with Crippen molar-refractivity contribution in [2.45, 2.75) is 31.5 Å². The Morgan fingerprint density at radius 2 is 1.83 bits per heavy atom. The highest BCUT2D eigenvalue weighted by atomic mass is 35.5. The molecule has 1 aliphatic heterocycles. The first kappa shape index (κ1) is 15.3. The third-order valence-corrected chi connectivity index (χ3v) is 4.65. The van der Waals surface area contributed by atoms with Crippen LogP contribution in [0.1, 0.15) is 36.0 Å². The van der Waals surface area contributed by atoms with Crippen molar-refractivity contribution >= 4 is 23.2 Å². The molecule has 1 aliphatic carbocycles. The summed E-state index contributed by atoms with van der Waals surface area (Å²) in [6, 6.07) is 8.92. The topological polar surface area (TPSA) is 47.6 Å². The third-order valence-electron chi connectivity index (χ3n) is 4.33. The standard InChI is InChI=1S/C18H15ClFNO3/c19-14-9-11(20)3-5-13(14)17(22)21-12-4-6-15-16(10-12)24-18(23-15)7-1-2-8-18/h3-6,9-10H,1-2,7-8H2,(H,21,22). The first-order chi connectivity index (χ1) is 11.5. The number of carbonyl (C=O) groups excluding carboxylic acids is 1. The molecule has 1 N–H and O–H groups in total. The molecule has 1 heterocycles. The van der Waals surface area contributed by atoms with Gasteiger partial charge in [0.1, 0.15) is 5.82 Å². The fourth-order valence-electron chi connectivity index (χ4n) is 3.16. The van der Waals surface area contributed by atoms with Crippen LogP contribution in [-0.4, -0.2) is 11.7 Å². The zero-order chi connectivity index (χ0) is 16.7. The molecule has 24 heavy (non-hydrogen) atoms. The summed E-state index contributed by atoms with van der Waals surface area (Å²) in [6.45, 7) is 0. The quantitative estimate of drug-likeness (QED) is 0.851. The number of hydrogen-bond acceptors (Lipinski definition) is 3. The lowest BCUT2D eigenvalue weighted by molar-refractivity contribution is -0.0716. The Hall–Kier alpha value is -2.27. The molecule has 0 saturated heterocycles. The molecular formula is C18H15ClFNO3. The molecule has 1 spiro atoms. The highest BCUT2D eigenvalue weighted by Crippen LogP contribution is 2.47. The van der Waals surface area contributed by atoms with Crippen molar-refractivity contribution in [3.63, 3.8) is 0 Å². The number of benzene rings is 2. The normalized spacial score (nSPS) is 17.2. The average molecular weight is 348 g/mol. The Kier molecular flexibility index (Phi) is 3.61. The summed E-state index contributed by atoms with van der Waals surface area (Å²) in [5.74, 6) is -0.115. The van der Waals surface area contributed by atoms with E-state index >= 15 is 0 Å². The van der Waals surface area contributed by atoms with E-state index < -0.39 is 17.5 Å². The molecule has 0 aromatic heterocycles. The van der Waals surface area contributed by atoms with Crippen LogP contribution in [0.15, 0.2) is 36.4 Å². The van der Waals surface area contributed by atoms with Gasteiger partial charge >= 0.3 is 0 Å². The van der Waals surface area contributed by atoms with Gasteiger partial charge in [0.15, 0.2) is 11.5 Å². The molecule has 4 nitrogen and oxygen atoms in total. The van der Waals surface area contributed by atoms with Crippen LogP contribution in [0.2, 0.25) is 5.02 Å². The summed E-state index contributed by atoms with van der Waals surface area (Å²) in [5.41, 5.74) is 0.779. The highest BCUT2D eigenvalue weighted by molar-refractivity contribution is 6.34. The third kappa shape index (κ3) is 2.69. The first-order valence-corrected chi connectivity index (χ1v) is 8.21. The van der Waals surface area contributed by atoms with Crippen molar-refractivity contribution < 1.29 is 18.7 Å². The van der Waals surface area contributed by atoms with E-state index in [0.29, 0.717) is 17.2 Å². The van der Waals surface area contributed by atoms with Gasteiger partial charge in [0.05, 0.1) is 10.6 Å². The summed E-state index contributed by atoms with van der Waals surface area (Å²) in [7, 11) is 0. The minimum absolute atomic E-state index is 0.0677. The predicted octanol–water partition coefficient (Wildman–Crippen LogP) is 4.77. The molecule has 0 atom stereocenters. The summed E-state index contributed by atoms with van der Waals surface area (Å²) in [5, 5.41) is 2.81. The predicted molar refractivity (Wildman–Crippen MR) is 88.3 cm³/mol. The second-order valence-electron chi connectivity index (χ2n) is 6.06. The zero-order valence-electron chi connectivity index (χ0n) is 12.8. The molecule has 1 amide bonds. The second-order valence-corrected chi connectivity index (χ2v) is 6.47. The van der Waals surface area contributed by atoms with Crippen molar-refractivity contribution in [1.82, 2.24) is 0 Å². The Balaban J connectivity index is 1.53. The highest BCUT2D eigenvalue weighted by Gasteiger charge is 2.44. The van der Waals surface area contributed by atoms with E-state index in [2.05, 4.69) is 5.32 Å². The Bertz CT molecular complexity index is 818. The van der Waals surface area contributed by atoms with Crippen LogP contribution in [0.4, 0.5) is 10.1 Å². The SMILES string of the molecule is O=C(Nc1ccc2c(c1)OC1(CCCC1)O2)c1ccc(F)cc1Cl. The molecule has 0 radical (unpaired) electrons. The lowest BCUT2D eigenvalue weighted by Gasteiger charge is -2.21. The molecule has 4 rings (SSSR count). The number of fused-ring (bicyclic) bond motifs is 1. The number of anilines is 1. The molecular weight excluding hydrogens is 333 g/mol. The van der Waals surface area contributed by atoms with E-state index in [1.54, 1.807) is 18.2 Å². The maximum Gasteiger partial charge on any atom is 0.257 e.